The maximum atomic E-state index is 12.9. The molecule has 2 atom stereocenters. The number of rotatable bonds is 3. The molecule has 0 N–H and O–H groups in total. The van der Waals surface area contributed by atoms with Crippen LogP contribution in [0.2, 0.25) is 0 Å². The van der Waals surface area contributed by atoms with E-state index in [0.29, 0.717) is 0 Å². The summed E-state index contributed by atoms with van der Waals surface area (Å²) in [4.78, 5) is 0. The standard InChI is InChI=1S/C6H5F7O2/c7-4(5(8,9)10,1-3-2-14-3)15-6(11,12)13/h3H,1-2H2. The molecule has 0 aromatic carbocycles. The van der Waals surface area contributed by atoms with Crippen molar-refractivity contribution in [2.75, 3.05) is 6.61 Å². The third-order valence-electron chi connectivity index (χ3n) is 1.59. The second-order valence-corrected chi connectivity index (χ2v) is 2.93. The molecular weight excluding hydrogens is 237 g/mol. The first kappa shape index (κ1) is 12.5. The van der Waals surface area contributed by atoms with Crippen molar-refractivity contribution < 1.29 is 40.2 Å². The molecule has 1 fully saturated rings. The summed E-state index contributed by atoms with van der Waals surface area (Å²) in [6.07, 6.45) is -14.2. The van der Waals surface area contributed by atoms with Crippen molar-refractivity contribution in [1.82, 2.24) is 0 Å². The number of alkyl halides is 7. The lowest BCUT2D eigenvalue weighted by molar-refractivity contribution is -0.449. The summed E-state index contributed by atoms with van der Waals surface area (Å²) < 4.78 is 90.2. The molecule has 0 aromatic heterocycles. The fourth-order valence-electron chi connectivity index (χ4n) is 0.877. The van der Waals surface area contributed by atoms with Crippen LogP contribution in [0.4, 0.5) is 30.7 Å². The zero-order valence-corrected chi connectivity index (χ0v) is 6.95. The van der Waals surface area contributed by atoms with Crippen LogP contribution in [0.5, 0.6) is 0 Å². The number of halogens is 7. The van der Waals surface area contributed by atoms with Gasteiger partial charge in [0.15, 0.2) is 0 Å². The van der Waals surface area contributed by atoms with Crippen molar-refractivity contribution >= 4 is 0 Å². The van der Waals surface area contributed by atoms with Crippen LogP contribution in [0.15, 0.2) is 0 Å². The van der Waals surface area contributed by atoms with Gasteiger partial charge in [0, 0.05) is 6.42 Å². The van der Waals surface area contributed by atoms with E-state index in [-0.39, 0.29) is 6.61 Å². The summed E-state index contributed by atoms with van der Waals surface area (Å²) >= 11 is 0. The SMILES string of the molecule is FC(F)(F)OC(F)(CC1CO1)C(F)(F)F. The fourth-order valence-corrected chi connectivity index (χ4v) is 0.877. The van der Waals surface area contributed by atoms with Crippen LogP contribution in [0, 0.1) is 0 Å². The molecule has 9 heteroatoms. The Bertz CT molecular complexity index is 231. The van der Waals surface area contributed by atoms with Crippen molar-refractivity contribution in [2.24, 2.45) is 0 Å². The number of ether oxygens (including phenoxy) is 2. The molecule has 0 radical (unpaired) electrons. The van der Waals surface area contributed by atoms with E-state index in [1.807, 2.05) is 0 Å². The minimum Gasteiger partial charge on any atom is -0.373 e. The van der Waals surface area contributed by atoms with Crippen molar-refractivity contribution in [3.63, 3.8) is 0 Å². The summed E-state index contributed by atoms with van der Waals surface area (Å²) in [7, 11) is 0. The van der Waals surface area contributed by atoms with Gasteiger partial charge < -0.3 is 4.74 Å². The molecule has 1 saturated heterocycles. The Hall–Kier alpha value is -0.570. The first-order chi connectivity index (χ1) is 6.54. The largest absolute Gasteiger partial charge is 0.525 e. The highest BCUT2D eigenvalue weighted by atomic mass is 19.4. The second kappa shape index (κ2) is 3.48. The molecule has 0 saturated carbocycles. The van der Waals surface area contributed by atoms with Gasteiger partial charge in [-0.15, -0.1) is 13.2 Å². The zero-order valence-electron chi connectivity index (χ0n) is 6.95. The van der Waals surface area contributed by atoms with E-state index in [0.717, 1.165) is 0 Å². The Labute approximate surface area is 78.9 Å². The highest BCUT2D eigenvalue weighted by molar-refractivity contribution is 4.85. The third kappa shape index (κ3) is 3.49. The second-order valence-electron chi connectivity index (χ2n) is 2.93. The van der Waals surface area contributed by atoms with Gasteiger partial charge in [0.25, 0.3) is 0 Å². The highest BCUT2D eigenvalue weighted by Crippen LogP contribution is 2.44. The predicted octanol–water partition coefficient (Wildman–Crippen LogP) is 2.54. The van der Waals surface area contributed by atoms with Crippen LogP contribution in [-0.4, -0.2) is 31.1 Å². The summed E-state index contributed by atoms with van der Waals surface area (Å²) in [6.45, 7) is -0.205. The summed E-state index contributed by atoms with van der Waals surface area (Å²) in [5.74, 6) is -4.74. The topological polar surface area (TPSA) is 21.8 Å². The molecule has 0 amide bonds. The molecule has 1 aliphatic rings. The zero-order chi connectivity index (χ0) is 11.9. The van der Waals surface area contributed by atoms with Crippen LogP contribution in [0.1, 0.15) is 6.42 Å². The van der Waals surface area contributed by atoms with Crippen LogP contribution >= 0.6 is 0 Å². The molecule has 1 rings (SSSR count). The molecule has 15 heavy (non-hydrogen) atoms. The third-order valence-corrected chi connectivity index (χ3v) is 1.59. The van der Waals surface area contributed by atoms with Crippen LogP contribution in [-0.2, 0) is 9.47 Å². The van der Waals surface area contributed by atoms with E-state index in [9.17, 15) is 30.7 Å². The molecule has 0 bridgehead atoms. The molecule has 2 unspecified atom stereocenters. The van der Waals surface area contributed by atoms with E-state index >= 15 is 0 Å². The van der Waals surface area contributed by atoms with Gasteiger partial charge in [-0.25, -0.2) is 9.13 Å². The van der Waals surface area contributed by atoms with Gasteiger partial charge in [0.05, 0.1) is 12.7 Å². The minimum atomic E-state index is -5.76. The Kier molecular flexibility index (Phi) is 2.90. The average molecular weight is 242 g/mol. The van der Waals surface area contributed by atoms with E-state index in [1.165, 1.54) is 0 Å². The number of hydrogen-bond acceptors (Lipinski definition) is 2. The maximum Gasteiger partial charge on any atom is 0.525 e. The normalized spacial score (nSPS) is 26.2. The lowest BCUT2D eigenvalue weighted by Crippen LogP contribution is -2.48. The van der Waals surface area contributed by atoms with Gasteiger partial charge in [-0.05, 0) is 0 Å². The van der Waals surface area contributed by atoms with Gasteiger partial charge in [-0.1, -0.05) is 0 Å². The van der Waals surface area contributed by atoms with Crippen LogP contribution in [0.25, 0.3) is 0 Å². The fraction of sp³-hybridized carbons (Fsp3) is 1.00. The number of hydrogen-bond donors (Lipinski definition) is 0. The van der Waals surface area contributed by atoms with E-state index in [2.05, 4.69) is 9.47 Å². The average Bonchev–Trinajstić information content (AvgIpc) is 2.63. The smallest absolute Gasteiger partial charge is 0.373 e. The van der Waals surface area contributed by atoms with Gasteiger partial charge in [0.1, 0.15) is 0 Å². The molecule has 1 aliphatic heterocycles. The quantitative estimate of drug-likeness (QED) is 0.560. The van der Waals surface area contributed by atoms with Gasteiger partial charge in [-0.3, -0.25) is 0 Å². The summed E-state index contributed by atoms with van der Waals surface area (Å²) in [5, 5.41) is 0. The molecule has 90 valence electrons. The van der Waals surface area contributed by atoms with Gasteiger partial charge in [0.2, 0.25) is 0 Å². The van der Waals surface area contributed by atoms with Gasteiger partial charge in [-0.2, -0.15) is 13.2 Å². The van der Waals surface area contributed by atoms with Gasteiger partial charge >= 0.3 is 18.4 Å². The summed E-state index contributed by atoms with van der Waals surface area (Å²) in [6, 6.07) is 0. The molecule has 1 heterocycles. The monoisotopic (exact) mass is 242 g/mol. The van der Waals surface area contributed by atoms with Crippen LogP contribution in [0.3, 0.4) is 0 Å². The Morgan fingerprint density at radius 1 is 1.07 bits per heavy atom. The molecular formula is C6H5F7O2. The minimum absolute atomic E-state index is 0.205. The highest BCUT2D eigenvalue weighted by Gasteiger charge is 2.64. The molecule has 0 spiro atoms. The first-order valence-electron chi connectivity index (χ1n) is 3.68. The Morgan fingerprint density at radius 2 is 1.53 bits per heavy atom. The van der Waals surface area contributed by atoms with E-state index in [1.54, 1.807) is 0 Å². The maximum absolute atomic E-state index is 12.9. The van der Waals surface area contributed by atoms with E-state index in [4.69, 9.17) is 0 Å². The Morgan fingerprint density at radius 3 is 1.80 bits per heavy atom. The first-order valence-corrected chi connectivity index (χ1v) is 3.68. The lowest BCUT2D eigenvalue weighted by Gasteiger charge is -2.27. The molecule has 0 aliphatic carbocycles. The lowest BCUT2D eigenvalue weighted by atomic mass is 10.1. The van der Waals surface area contributed by atoms with Crippen LogP contribution < -0.4 is 0 Å². The van der Waals surface area contributed by atoms with Crippen molar-refractivity contribution in [2.45, 2.75) is 30.9 Å². The predicted molar refractivity (Wildman–Crippen MR) is 31.4 cm³/mol. The molecule has 2 nitrogen and oxygen atoms in total. The summed E-state index contributed by atoms with van der Waals surface area (Å²) in [5.41, 5.74) is 0. The van der Waals surface area contributed by atoms with Crippen molar-refractivity contribution in [1.29, 1.82) is 0 Å². The Balaban J connectivity index is 2.75. The van der Waals surface area contributed by atoms with Crippen molar-refractivity contribution in [3.8, 4) is 0 Å². The van der Waals surface area contributed by atoms with Crippen molar-refractivity contribution in [3.05, 3.63) is 0 Å². The number of epoxide rings is 1. The van der Waals surface area contributed by atoms with E-state index < -0.39 is 30.9 Å². The molecule has 0 aromatic rings.